The van der Waals surface area contributed by atoms with Gasteiger partial charge in [0.25, 0.3) is 5.91 Å². The van der Waals surface area contributed by atoms with Crippen molar-refractivity contribution in [3.8, 4) is 5.75 Å². The third kappa shape index (κ3) is 8.09. The summed E-state index contributed by atoms with van der Waals surface area (Å²) in [5.41, 5.74) is 2.62. The minimum atomic E-state index is -1.54. The predicted octanol–water partition coefficient (Wildman–Crippen LogP) is 7.87. The Hall–Kier alpha value is -2.31. The molecule has 0 N–H and O–H groups in total. The summed E-state index contributed by atoms with van der Waals surface area (Å²) in [5, 5.41) is 0.768. The number of unbranched alkanes of at least 4 members (excludes halogenated alkanes) is 1. The van der Waals surface area contributed by atoms with Gasteiger partial charge in [0.2, 0.25) is 0 Å². The van der Waals surface area contributed by atoms with E-state index < -0.39 is 16.5 Å². The molecule has 5 nitrogen and oxygen atoms in total. The van der Waals surface area contributed by atoms with Gasteiger partial charge in [0, 0.05) is 23.7 Å². The number of halogens is 1. The zero-order chi connectivity index (χ0) is 26.9. The number of benzene rings is 2. The number of rotatable bonds is 7. The molecule has 0 saturated heterocycles. The summed E-state index contributed by atoms with van der Waals surface area (Å²) in [4.78, 5) is 15.3. The fourth-order valence-electron chi connectivity index (χ4n) is 5.29. The van der Waals surface area contributed by atoms with Gasteiger partial charge in [0.05, 0.1) is 12.3 Å². The van der Waals surface area contributed by atoms with Crippen molar-refractivity contribution in [2.24, 2.45) is 22.1 Å². The normalized spacial score (nSPS) is 23.7. The Morgan fingerprint density at radius 1 is 1.08 bits per heavy atom. The van der Waals surface area contributed by atoms with E-state index in [0.29, 0.717) is 29.8 Å². The van der Waals surface area contributed by atoms with Crippen LogP contribution in [0.25, 0.3) is 0 Å². The van der Waals surface area contributed by atoms with Crippen LogP contribution in [0.3, 0.4) is 0 Å². The van der Waals surface area contributed by atoms with Crippen molar-refractivity contribution in [1.82, 2.24) is 0 Å². The molecule has 0 radical (unpaired) electrons. The number of allylic oxidation sites excluding steroid dienone is 2. The van der Waals surface area contributed by atoms with Crippen LogP contribution in [0.4, 0.5) is 5.69 Å². The van der Waals surface area contributed by atoms with Crippen LogP contribution >= 0.6 is 11.6 Å². The summed E-state index contributed by atoms with van der Waals surface area (Å²) in [6.07, 6.45) is 11.8. The Morgan fingerprint density at radius 2 is 1.89 bits per heavy atom. The van der Waals surface area contributed by atoms with Gasteiger partial charge >= 0.3 is 0 Å². The van der Waals surface area contributed by atoms with Gasteiger partial charge in [-0.3, -0.25) is 4.79 Å². The minimum absolute atomic E-state index is 0.217. The van der Waals surface area contributed by atoms with Crippen LogP contribution in [0.5, 0.6) is 5.75 Å². The van der Waals surface area contributed by atoms with E-state index in [9.17, 15) is 9.00 Å². The summed E-state index contributed by atoms with van der Waals surface area (Å²) in [5.74, 6) is 2.30. The van der Waals surface area contributed by atoms with Gasteiger partial charge in [-0.05, 0) is 99.6 Å². The number of fused-ring (bicyclic) bond motifs is 3. The molecule has 4 rings (SSSR count). The number of ether oxygens (including phenoxy) is 1. The second kappa shape index (κ2) is 14.2. The average Bonchev–Trinajstić information content (AvgIpc) is 2.88. The number of hydrogen-bond acceptors (Lipinski definition) is 5. The fraction of sp³-hybridized carbons (Fsp3) is 0.516. The van der Waals surface area contributed by atoms with E-state index in [1.807, 2.05) is 30.3 Å². The fourth-order valence-corrected chi connectivity index (χ4v) is 6.49. The molecule has 1 aliphatic carbocycles. The molecule has 38 heavy (non-hydrogen) atoms. The molecule has 2 aliphatic rings. The first-order valence-electron chi connectivity index (χ1n) is 14.0. The molecule has 1 fully saturated rings. The zero-order valence-electron chi connectivity index (χ0n) is 22.6. The van der Waals surface area contributed by atoms with E-state index in [0.717, 1.165) is 61.7 Å². The van der Waals surface area contributed by atoms with Crippen LogP contribution < -0.4 is 9.64 Å². The molecule has 2 bridgehead atoms. The molecule has 7 heteroatoms. The van der Waals surface area contributed by atoms with Crippen molar-refractivity contribution < 1.29 is 13.7 Å². The first kappa shape index (κ1) is 28.7. The van der Waals surface area contributed by atoms with Crippen LogP contribution in [0.1, 0.15) is 68.3 Å². The lowest BCUT2D eigenvalue weighted by Gasteiger charge is -2.40. The topological polar surface area (TPSA) is 59.0 Å². The van der Waals surface area contributed by atoms with Gasteiger partial charge in [0.15, 0.2) is 0 Å². The van der Waals surface area contributed by atoms with Crippen LogP contribution in [-0.4, -0.2) is 31.4 Å². The molecule has 1 aliphatic heterocycles. The predicted molar refractivity (Wildman–Crippen MR) is 158 cm³/mol. The summed E-state index contributed by atoms with van der Waals surface area (Å²) in [6.45, 7) is 6.58. The molecule has 1 saturated carbocycles. The van der Waals surface area contributed by atoms with Crippen LogP contribution in [-0.2, 0) is 21.2 Å². The molecular weight excluding hydrogens is 516 g/mol. The smallest absolute Gasteiger partial charge is 0.254 e. The second-order valence-electron chi connectivity index (χ2n) is 10.7. The SMILES string of the molecule is CCN1C[C@@H]2CC[C@H]2C/C=C/C[C@H](C)C[S-](=O)=NC(=O)c2ccc(OCCCCc3cccc(Cl)c3)c1c2. The second-order valence-corrected chi connectivity index (χ2v) is 12.3. The molecule has 0 aromatic heterocycles. The van der Waals surface area contributed by atoms with Gasteiger partial charge in [-0.1, -0.05) is 54.5 Å². The van der Waals surface area contributed by atoms with E-state index in [-0.39, 0.29) is 5.92 Å². The van der Waals surface area contributed by atoms with Crippen molar-refractivity contribution >= 4 is 33.8 Å². The van der Waals surface area contributed by atoms with Gasteiger partial charge in [-0.15, -0.1) is 0 Å². The van der Waals surface area contributed by atoms with Gasteiger partial charge in [0.1, 0.15) is 5.75 Å². The standard InChI is InChI=1S/C31H40ClN2O3S/c1-3-34-21-27-15-14-25(27)12-5-4-9-23(2)22-38(36)33-31(35)26-16-17-30(29(34)20-26)37-18-7-6-10-24-11-8-13-28(32)19-24/h4-5,8,11,13,16-17,19-20,23,25,27H,3,6-7,9-10,12,14-15,18,21-22H2,1-2H3/q-1/b5-4+/t23-,25+,27-/m0/s1. The third-order valence-electron chi connectivity index (χ3n) is 7.72. The van der Waals surface area contributed by atoms with E-state index in [1.165, 1.54) is 18.4 Å². The van der Waals surface area contributed by atoms with E-state index in [4.69, 9.17) is 16.3 Å². The summed E-state index contributed by atoms with van der Waals surface area (Å²) < 4.78 is 22.9. The van der Waals surface area contributed by atoms with E-state index in [2.05, 4.69) is 41.3 Å². The molecular formula is C31H40ClN2O3S-. The van der Waals surface area contributed by atoms with Crippen LogP contribution in [0.2, 0.25) is 5.02 Å². The highest BCUT2D eigenvalue weighted by molar-refractivity contribution is 7.75. The molecule has 2 aromatic rings. The first-order chi connectivity index (χ1) is 18.4. The average molecular weight is 556 g/mol. The molecule has 3 atom stereocenters. The maximum Gasteiger partial charge on any atom is 0.254 e. The first-order valence-corrected chi connectivity index (χ1v) is 15.6. The molecule has 1 amide bonds. The largest absolute Gasteiger partial charge is 0.491 e. The van der Waals surface area contributed by atoms with Crippen LogP contribution in [0.15, 0.2) is 59.0 Å². The Kier molecular flexibility index (Phi) is 10.7. The van der Waals surface area contributed by atoms with Crippen molar-refractivity contribution in [3.63, 3.8) is 0 Å². The van der Waals surface area contributed by atoms with Crippen molar-refractivity contribution in [3.05, 3.63) is 70.8 Å². The molecule has 0 spiro atoms. The number of anilines is 1. The minimum Gasteiger partial charge on any atom is -0.491 e. The number of nitrogens with zero attached hydrogens (tertiary/aromatic N) is 2. The highest BCUT2D eigenvalue weighted by atomic mass is 35.5. The quantitative estimate of drug-likeness (QED) is 0.198. The van der Waals surface area contributed by atoms with E-state index >= 15 is 0 Å². The number of carbonyl (C=O) groups is 1. The Labute approximate surface area is 234 Å². The Morgan fingerprint density at radius 3 is 2.66 bits per heavy atom. The van der Waals surface area contributed by atoms with E-state index in [1.54, 1.807) is 6.07 Å². The number of carbonyl (C=O) groups excluding carboxylic acids is 1. The number of hydrogen-bond donors (Lipinski definition) is 0. The lowest BCUT2D eigenvalue weighted by Crippen LogP contribution is -2.38. The van der Waals surface area contributed by atoms with Crippen molar-refractivity contribution in [1.29, 1.82) is 0 Å². The zero-order valence-corrected chi connectivity index (χ0v) is 24.2. The maximum absolute atomic E-state index is 12.9. The molecule has 2 aromatic carbocycles. The van der Waals surface area contributed by atoms with Gasteiger partial charge in [-0.25, -0.2) is 0 Å². The van der Waals surface area contributed by atoms with Crippen molar-refractivity contribution in [2.45, 2.75) is 58.8 Å². The number of aryl methyl sites for hydroxylation is 1. The maximum atomic E-state index is 12.9. The Bertz CT molecular complexity index is 1210. The highest BCUT2D eigenvalue weighted by Crippen LogP contribution is 2.40. The lowest BCUT2D eigenvalue weighted by atomic mass is 9.71. The van der Waals surface area contributed by atoms with Gasteiger partial charge in [-0.2, -0.15) is 10.6 Å². The monoisotopic (exact) mass is 555 g/mol. The van der Waals surface area contributed by atoms with Crippen molar-refractivity contribution in [2.75, 3.05) is 30.3 Å². The molecule has 206 valence electrons. The third-order valence-corrected chi connectivity index (χ3v) is 9.18. The Balaban J connectivity index is 1.51. The summed E-state index contributed by atoms with van der Waals surface area (Å²) in [6, 6.07) is 13.5. The summed E-state index contributed by atoms with van der Waals surface area (Å²) in [7, 11) is -1.54. The lowest BCUT2D eigenvalue weighted by molar-refractivity contribution is 0.100. The van der Waals surface area contributed by atoms with Gasteiger partial charge < -0.3 is 18.2 Å². The molecule has 0 unspecified atom stereocenters. The molecule has 1 heterocycles. The van der Waals surface area contributed by atoms with Crippen LogP contribution in [0, 0.1) is 17.8 Å². The highest BCUT2D eigenvalue weighted by Gasteiger charge is 2.31. The number of amides is 1. The summed E-state index contributed by atoms with van der Waals surface area (Å²) >= 11 is 6.11.